The van der Waals surface area contributed by atoms with Gasteiger partial charge in [-0.15, -0.1) is 16.7 Å². The predicted molar refractivity (Wildman–Crippen MR) is 63.6 cm³/mol. The minimum absolute atomic E-state index is 0.0384. The molecule has 1 aromatic heterocycles. The lowest BCUT2D eigenvalue weighted by molar-refractivity contribution is -0.136. The fourth-order valence-electron chi connectivity index (χ4n) is 1.35. The molecule has 0 saturated carbocycles. The highest BCUT2D eigenvalue weighted by atomic mass is 35.5. The summed E-state index contributed by atoms with van der Waals surface area (Å²) in [5.41, 5.74) is -1.27. The average Bonchev–Trinajstić information content (AvgIpc) is 2.78. The molecule has 19 heavy (non-hydrogen) atoms. The van der Waals surface area contributed by atoms with Crippen LogP contribution in [0.25, 0.3) is 0 Å². The number of anilines is 2. The molecule has 1 heterocycles. The number of rotatable bonds is 3. The molecule has 0 fully saturated rings. The van der Waals surface area contributed by atoms with Crippen LogP contribution < -0.4 is 5.32 Å². The molecule has 2 rings (SSSR count). The fraction of sp³-hybridized carbons (Fsp3) is 0.200. The molecule has 2 aromatic rings. The molecule has 0 unspecified atom stereocenters. The number of alkyl halides is 4. The summed E-state index contributed by atoms with van der Waals surface area (Å²) in [7, 11) is 0. The lowest BCUT2D eigenvalue weighted by Gasteiger charge is -2.13. The third-order valence-corrected chi connectivity index (χ3v) is 2.68. The van der Waals surface area contributed by atoms with Crippen molar-refractivity contribution in [3.8, 4) is 0 Å². The van der Waals surface area contributed by atoms with Crippen LogP contribution in [0.4, 0.5) is 24.9 Å². The molecule has 0 bridgehead atoms. The van der Waals surface area contributed by atoms with Gasteiger partial charge in [0.05, 0.1) is 16.3 Å². The van der Waals surface area contributed by atoms with Crippen molar-refractivity contribution in [2.45, 2.75) is 12.1 Å². The molecule has 0 aliphatic carbocycles. The van der Waals surface area contributed by atoms with E-state index in [0.717, 1.165) is 6.07 Å². The van der Waals surface area contributed by atoms with Crippen LogP contribution in [-0.4, -0.2) is 10.2 Å². The number of hydrogen-bond acceptors (Lipinski definition) is 4. The summed E-state index contributed by atoms with van der Waals surface area (Å²) < 4.78 is 43.4. The monoisotopic (exact) mass is 311 g/mol. The Kier molecular flexibility index (Phi) is 3.86. The van der Waals surface area contributed by atoms with Gasteiger partial charge in [-0.05, 0) is 12.1 Å². The number of aromatic nitrogens is 2. The summed E-state index contributed by atoms with van der Waals surface area (Å²) in [4.78, 5) is 0. The van der Waals surface area contributed by atoms with Crippen molar-refractivity contribution >= 4 is 34.9 Å². The second-order valence-electron chi connectivity index (χ2n) is 3.42. The molecular weight excluding hydrogens is 306 g/mol. The molecule has 1 aromatic carbocycles. The van der Waals surface area contributed by atoms with E-state index in [0.29, 0.717) is 0 Å². The maximum absolute atomic E-state index is 12.8. The van der Waals surface area contributed by atoms with Crippen molar-refractivity contribution in [1.29, 1.82) is 0 Å². The lowest BCUT2D eigenvalue weighted by atomic mass is 10.1. The summed E-state index contributed by atoms with van der Waals surface area (Å²) in [6.45, 7) is 0. The summed E-state index contributed by atoms with van der Waals surface area (Å²) in [6.07, 6.45) is -4.55. The standard InChI is InChI=1S/C10H6Cl2F3N3O/c11-4-7-17-18-9(19-7)16-8-5(10(13,14)15)2-1-3-6(8)12/h1-3H,4H2,(H,16,18). The van der Waals surface area contributed by atoms with E-state index in [-0.39, 0.29) is 28.5 Å². The first-order valence-corrected chi connectivity index (χ1v) is 5.84. The summed E-state index contributed by atoms with van der Waals surface area (Å²) in [6, 6.07) is 3.20. The number of halogens is 5. The second kappa shape index (κ2) is 5.26. The Balaban J connectivity index is 2.38. The van der Waals surface area contributed by atoms with Gasteiger partial charge in [-0.3, -0.25) is 0 Å². The molecule has 0 spiro atoms. The van der Waals surface area contributed by atoms with Crippen molar-refractivity contribution in [1.82, 2.24) is 10.2 Å². The van der Waals surface area contributed by atoms with E-state index < -0.39 is 11.7 Å². The van der Waals surface area contributed by atoms with Gasteiger partial charge in [0, 0.05) is 0 Å². The smallest absolute Gasteiger partial charge is 0.407 e. The van der Waals surface area contributed by atoms with Crippen molar-refractivity contribution < 1.29 is 17.6 Å². The lowest BCUT2D eigenvalue weighted by Crippen LogP contribution is -2.09. The molecule has 4 nitrogen and oxygen atoms in total. The Labute approximate surface area is 115 Å². The molecule has 9 heteroatoms. The minimum Gasteiger partial charge on any atom is -0.407 e. The molecule has 1 N–H and O–H groups in total. The Morgan fingerprint density at radius 1 is 1.26 bits per heavy atom. The molecule has 0 aliphatic heterocycles. The normalized spacial score (nSPS) is 11.6. The predicted octanol–water partition coefficient (Wildman–Crippen LogP) is 4.22. The number of benzene rings is 1. The molecule has 0 saturated heterocycles. The van der Waals surface area contributed by atoms with Gasteiger partial charge in [0.25, 0.3) is 0 Å². The SMILES string of the molecule is FC(F)(F)c1cccc(Cl)c1Nc1nnc(CCl)o1. The van der Waals surface area contributed by atoms with Gasteiger partial charge < -0.3 is 9.73 Å². The summed E-state index contributed by atoms with van der Waals surface area (Å²) in [5, 5.41) is 9.27. The third-order valence-electron chi connectivity index (χ3n) is 2.13. The highest BCUT2D eigenvalue weighted by Crippen LogP contribution is 2.39. The Morgan fingerprint density at radius 2 is 2.00 bits per heavy atom. The van der Waals surface area contributed by atoms with Crippen molar-refractivity contribution in [3.63, 3.8) is 0 Å². The Bertz CT molecular complexity index is 586. The van der Waals surface area contributed by atoms with E-state index in [2.05, 4.69) is 15.5 Å². The molecule has 0 aliphatic rings. The van der Waals surface area contributed by atoms with Gasteiger partial charge in [-0.2, -0.15) is 13.2 Å². The van der Waals surface area contributed by atoms with Crippen LogP contribution in [0.2, 0.25) is 5.02 Å². The molecule has 0 atom stereocenters. The molecular formula is C10H6Cl2F3N3O. The van der Waals surface area contributed by atoms with E-state index in [9.17, 15) is 13.2 Å². The van der Waals surface area contributed by atoms with Crippen LogP contribution in [0.3, 0.4) is 0 Å². The zero-order chi connectivity index (χ0) is 14.0. The maximum atomic E-state index is 12.8. The Morgan fingerprint density at radius 3 is 2.58 bits per heavy atom. The van der Waals surface area contributed by atoms with Crippen LogP contribution in [0.15, 0.2) is 22.6 Å². The minimum atomic E-state index is -4.55. The van der Waals surface area contributed by atoms with E-state index in [4.69, 9.17) is 27.6 Å². The van der Waals surface area contributed by atoms with Gasteiger partial charge in [0.1, 0.15) is 5.88 Å². The van der Waals surface area contributed by atoms with Crippen LogP contribution >= 0.6 is 23.2 Å². The van der Waals surface area contributed by atoms with Gasteiger partial charge in [-0.25, -0.2) is 0 Å². The molecule has 102 valence electrons. The van der Waals surface area contributed by atoms with Crippen molar-refractivity contribution in [2.75, 3.05) is 5.32 Å². The van der Waals surface area contributed by atoms with Crippen LogP contribution in [0, 0.1) is 0 Å². The first-order chi connectivity index (χ1) is 8.91. The third kappa shape index (κ3) is 3.10. The van der Waals surface area contributed by atoms with E-state index in [1.54, 1.807) is 0 Å². The van der Waals surface area contributed by atoms with Gasteiger partial charge in [0.2, 0.25) is 5.89 Å². The van der Waals surface area contributed by atoms with Crippen LogP contribution in [-0.2, 0) is 12.1 Å². The van der Waals surface area contributed by atoms with E-state index >= 15 is 0 Å². The number of para-hydroxylation sites is 1. The van der Waals surface area contributed by atoms with E-state index in [1.807, 2.05) is 0 Å². The number of hydrogen-bond donors (Lipinski definition) is 1. The fourth-order valence-corrected chi connectivity index (χ4v) is 1.68. The van der Waals surface area contributed by atoms with Crippen LogP contribution in [0.1, 0.15) is 11.5 Å². The zero-order valence-electron chi connectivity index (χ0n) is 9.13. The summed E-state index contributed by atoms with van der Waals surface area (Å²) in [5.74, 6) is 0.0494. The average molecular weight is 312 g/mol. The zero-order valence-corrected chi connectivity index (χ0v) is 10.6. The quantitative estimate of drug-likeness (QED) is 0.862. The van der Waals surface area contributed by atoms with E-state index in [1.165, 1.54) is 12.1 Å². The number of nitrogens with zero attached hydrogens (tertiary/aromatic N) is 2. The first-order valence-electron chi connectivity index (χ1n) is 4.93. The maximum Gasteiger partial charge on any atom is 0.418 e. The van der Waals surface area contributed by atoms with Gasteiger partial charge in [0.15, 0.2) is 0 Å². The first kappa shape index (κ1) is 14.0. The van der Waals surface area contributed by atoms with Crippen molar-refractivity contribution in [2.24, 2.45) is 0 Å². The largest absolute Gasteiger partial charge is 0.418 e. The second-order valence-corrected chi connectivity index (χ2v) is 4.09. The number of nitrogens with one attached hydrogen (secondary N) is 1. The molecule has 0 radical (unpaired) electrons. The van der Waals surface area contributed by atoms with Gasteiger partial charge >= 0.3 is 12.2 Å². The molecule has 0 amide bonds. The highest BCUT2D eigenvalue weighted by Gasteiger charge is 2.34. The Hall–Kier alpha value is -1.47. The van der Waals surface area contributed by atoms with Crippen molar-refractivity contribution in [3.05, 3.63) is 34.7 Å². The van der Waals surface area contributed by atoms with Crippen LogP contribution in [0.5, 0.6) is 0 Å². The topological polar surface area (TPSA) is 51.0 Å². The van der Waals surface area contributed by atoms with Gasteiger partial charge in [-0.1, -0.05) is 22.8 Å². The summed E-state index contributed by atoms with van der Waals surface area (Å²) >= 11 is 11.2. The highest BCUT2D eigenvalue weighted by molar-refractivity contribution is 6.33.